The summed E-state index contributed by atoms with van der Waals surface area (Å²) >= 11 is 0. The number of hydrazone groups is 1. The third kappa shape index (κ3) is 2.52. The van der Waals surface area contributed by atoms with Gasteiger partial charge in [0.15, 0.2) is 0 Å². The van der Waals surface area contributed by atoms with E-state index >= 15 is 0 Å². The van der Waals surface area contributed by atoms with Crippen molar-refractivity contribution in [2.45, 2.75) is 12.5 Å². The van der Waals surface area contributed by atoms with Crippen LogP contribution in [0.3, 0.4) is 0 Å². The Bertz CT molecular complexity index is 698. The highest BCUT2D eigenvalue weighted by atomic mass is 16.3. The van der Waals surface area contributed by atoms with Gasteiger partial charge in [-0.3, -0.25) is 4.79 Å². The Morgan fingerprint density at radius 2 is 2.24 bits per heavy atom. The Morgan fingerprint density at radius 3 is 2.90 bits per heavy atom. The maximum Gasteiger partial charge on any atom is 0.249 e. The van der Waals surface area contributed by atoms with Crippen molar-refractivity contribution in [1.29, 1.82) is 0 Å². The highest BCUT2D eigenvalue weighted by Crippen LogP contribution is 2.33. The van der Waals surface area contributed by atoms with Crippen molar-refractivity contribution in [2.75, 3.05) is 6.54 Å². The molecule has 0 unspecified atom stereocenters. The molecule has 1 atom stereocenters. The van der Waals surface area contributed by atoms with Gasteiger partial charge < -0.3 is 8.83 Å². The van der Waals surface area contributed by atoms with Gasteiger partial charge in [0.25, 0.3) is 0 Å². The highest BCUT2D eigenvalue weighted by molar-refractivity contribution is 6.01. The van der Waals surface area contributed by atoms with Gasteiger partial charge in [0.1, 0.15) is 29.8 Å². The molecule has 1 aliphatic heterocycles. The Balaban J connectivity index is 1.90. The van der Waals surface area contributed by atoms with E-state index in [9.17, 15) is 4.79 Å². The molecular weight excluding hydrogens is 274 g/mol. The Labute approximate surface area is 119 Å². The van der Waals surface area contributed by atoms with E-state index in [-0.39, 0.29) is 12.6 Å². The van der Waals surface area contributed by atoms with Crippen LogP contribution < -0.4 is 0 Å². The van der Waals surface area contributed by atoms with Crippen LogP contribution in [0.2, 0.25) is 0 Å². The third-order valence-corrected chi connectivity index (χ3v) is 3.11. The van der Waals surface area contributed by atoms with Crippen LogP contribution in [0.5, 0.6) is 0 Å². The second-order valence-electron chi connectivity index (χ2n) is 4.39. The summed E-state index contributed by atoms with van der Waals surface area (Å²) in [5, 5.41) is 8.85. The van der Waals surface area contributed by atoms with E-state index < -0.39 is 5.91 Å². The minimum absolute atomic E-state index is 0.289. The maximum atomic E-state index is 12.1. The average Bonchev–Trinajstić information content (AvgIpc) is 3.24. The SMILES string of the molecule is [N-]=[N+]=NCC(=O)N1N=C(c2ccco2)C[C@H]1c1ccco1. The summed E-state index contributed by atoms with van der Waals surface area (Å²) in [6.07, 6.45) is 3.56. The fraction of sp³-hybridized carbons (Fsp3) is 0.231. The van der Waals surface area contributed by atoms with Crippen LogP contribution in [-0.2, 0) is 4.79 Å². The molecule has 1 amide bonds. The zero-order valence-corrected chi connectivity index (χ0v) is 10.9. The molecule has 0 aromatic carbocycles. The van der Waals surface area contributed by atoms with Crippen molar-refractivity contribution in [3.8, 4) is 0 Å². The molecule has 0 N–H and O–H groups in total. The van der Waals surface area contributed by atoms with E-state index in [1.54, 1.807) is 30.5 Å². The Morgan fingerprint density at radius 1 is 1.43 bits per heavy atom. The molecule has 1 aliphatic rings. The Hall–Kier alpha value is -2.99. The average molecular weight is 285 g/mol. The first-order valence-electron chi connectivity index (χ1n) is 6.27. The molecule has 0 fully saturated rings. The Kier molecular flexibility index (Phi) is 3.44. The van der Waals surface area contributed by atoms with Gasteiger partial charge in [-0.15, -0.1) is 0 Å². The maximum absolute atomic E-state index is 12.1. The lowest BCUT2D eigenvalue weighted by Gasteiger charge is -2.18. The molecule has 0 spiro atoms. The van der Waals surface area contributed by atoms with Crippen LogP contribution in [-0.4, -0.2) is 23.2 Å². The molecule has 8 heteroatoms. The van der Waals surface area contributed by atoms with E-state index in [1.807, 2.05) is 0 Å². The summed E-state index contributed by atoms with van der Waals surface area (Å²) in [5.74, 6) is 0.830. The molecule has 0 aliphatic carbocycles. The molecule has 3 heterocycles. The summed E-state index contributed by atoms with van der Waals surface area (Å²) in [7, 11) is 0. The number of rotatable bonds is 4. The topological polar surface area (TPSA) is 108 Å². The smallest absolute Gasteiger partial charge is 0.249 e. The van der Waals surface area contributed by atoms with Crippen LogP contribution in [0.1, 0.15) is 24.0 Å². The predicted octanol–water partition coefficient (Wildman–Crippen LogP) is 2.86. The summed E-state index contributed by atoms with van der Waals surface area (Å²) in [4.78, 5) is 14.7. The van der Waals surface area contributed by atoms with Gasteiger partial charge in [0.2, 0.25) is 5.91 Å². The largest absolute Gasteiger partial charge is 0.467 e. The zero-order valence-electron chi connectivity index (χ0n) is 10.9. The fourth-order valence-corrected chi connectivity index (χ4v) is 2.20. The summed E-state index contributed by atoms with van der Waals surface area (Å²) in [6.45, 7) is -0.289. The zero-order chi connectivity index (χ0) is 14.7. The number of amides is 1. The molecule has 21 heavy (non-hydrogen) atoms. The lowest BCUT2D eigenvalue weighted by Crippen LogP contribution is -2.28. The first-order chi connectivity index (χ1) is 10.3. The quantitative estimate of drug-likeness (QED) is 0.489. The van der Waals surface area contributed by atoms with Crippen molar-refractivity contribution in [3.63, 3.8) is 0 Å². The molecule has 0 radical (unpaired) electrons. The predicted molar refractivity (Wildman–Crippen MR) is 72.2 cm³/mol. The highest BCUT2D eigenvalue weighted by Gasteiger charge is 2.35. The van der Waals surface area contributed by atoms with Gasteiger partial charge in [-0.05, 0) is 29.8 Å². The number of nitrogens with zero attached hydrogens (tertiary/aromatic N) is 5. The van der Waals surface area contributed by atoms with E-state index in [4.69, 9.17) is 14.4 Å². The van der Waals surface area contributed by atoms with Gasteiger partial charge in [-0.2, -0.15) is 5.10 Å². The number of azide groups is 1. The van der Waals surface area contributed by atoms with Crippen LogP contribution in [0.25, 0.3) is 10.4 Å². The standard InChI is InChI=1S/C13H11N5O3/c14-17-15-8-13(19)18-10(12-4-2-6-21-12)7-9(16-18)11-3-1-5-20-11/h1-6,10H,7-8H2/t10-/m0/s1. The number of hydrogen-bond acceptors (Lipinski definition) is 5. The van der Waals surface area contributed by atoms with E-state index in [1.165, 1.54) is 11.3 Å². The molecule has 2 aromatic rings. The van der Waals surface area contributed by atoms with Crippen molar-refractivity contribution < 1.29 is 13.6 Å². The van der Waals surface area contributed by atoms with Crippen molar-refractivity contribution in [3.05, 3.63) is 58.8 Å². The van der Waals surface area contributed by atoms with Crippen LogP contribution >= 0.6 is 0 Å². The summed E-state index contributed by atoms with van der Waals surface area (Å²) < 4.78 is 10.7. The van der Waals surface area contributed by atoms with Gasteiger partial charge >= 0.3 is 0 Å². The van der Waals surface area contributed by atoms with Crippen molar-refractivity contribution >= 4 is 11.6 Å². The number of hydrogen-bond donors (Lipinski definition) is 0. The normalized spacial score (nSPS) is 17.4. The molecule has 3 rings (SSSR count). The van der Waals surface area contributed by atoms with E-state index in [2.05, 4.69) is 15.1 Å². The minimum atomic E-state index is -0.393. The number of carbonyl (C=O) groups is 1. The fourth-order valence-electron chi connectivity index (χ4n) is 2.20. The number of furan rings is 2. The van der Waals surface area contributed by atoms with Gasteiger partial charge in [0.05, 0.1) is 12.5 Å². The molecule has 8 nitrogen and oxygen atoms in total. The number of carbonyl (C=O) groups excluding carboxylic acids is 1. The lowest BCUT2D eigenvalue weighted by atomic mass is 10.1. The molecule has 2 aromatic heterocycles. The monoisotopic (exact) mass is 285 g/mol. The van der Waals surface area contributed by atoms with Gasteiger partial charge in [-0.25, -0.2) is 5.01 Å². The van der Waals surface area contributed by atoms with Gasteiger partial charge in [-0.1, -0.05) is 5.11 Å². The second kappa shape index (κ2) is 5.56. The molecular formula is C13H11N5O3. The molecule has 106 valence electrons. The summed E-state index contributed by atoms with van der Waals surface area (Å²) in [5.41, 5.74) is 8.98. The van der Waals surface area contributed by atoms with Gasteiger partial charge in [0, 0.05) is 11.3 Å². The van der Waals surface area contributed by atoms with Crippen LogP contribution in [0.4, 0.5) is 0 Å². The van der Waals surface area contributed by atoms with Crippen molar-refractivity contribution in [2.24, 2.45) is 10.2 Å². The first kappa shape index (κ1) is 13.0. The van der Waals surface area contributed by atoms with Crippen LogP contribution in [0.15, 0.2) is 55.8 Å². The molecule has 0 saturated heterocycles. The van der Waals surface area contributed by atoms with Crippen molar-refractivity contribution in [1.82, 2.24) is 5.01 Å². The minimum Gasteiger partial charge on any atom is -0.467 e. The first-order valence-corrected chi connectivity index (χ1v) is 6.27. The summed E-state index contributed by atoms with van der Waals surface area (Å²) in [6, 6.07) is 6.69. The lowest BCUT2D eigenvalue weighted by molar-refractivity contribution is -0.131. The van der Waals surface area contributed by atoms with E-state index in [0.717, 1.165) is 0 Å². The second-order valence-corrected chi connectivity index (χ2v) is 4.39. The van der Waals surface area contributed by atoms with E-state index in [0.29, 0.717) is 23.7 Å². The third-order valence-electron chi connectivity index (χ3n) is 3.11. The molecule has 0 bridgehead atoms. The van der Waals surface area contributed by atoms with Crippen LogP contribution in [0, 0.1) is 0 Å². The molecule has 0 saturated carbocycles.